The molecule has 11 atom stereocenters. The number of aliphatic hydroxyl groups is 3. The third kappa shape index (κ3) is 6.90. The van der Waals surface area contributed by atoms with Crippen molar-refractivity contribution in [3.05, 3.63) is 0 Å². The number of carbonyl (C=O) groups is 3. The molecular weight excluding hydrogens is 452 g/mol. The monoisotopic (exact) mass is 500 g/mol. The molecule has 0 bridgehead atoms. The summed E-state index contributed by atoms with van der Waals surface area (Å²) >= 11 is 0. The molecule has 0 aliphatic carbocycles. The third-order valence-electron chi connectivity index (χ3n) is 8.17. The number of hydrogen-bond acceptors (Lipinski definition) is 8. The molecule has 1 saturated heterocycles. The third-order valence-corrected chi connectivity index (χ3v) is 8.17. The number of ketones is 2. The molecule has 0 saturated carbocycles. The van der Waals surface area contributed by atoms with Crippen LogP contribution in [0.2, 0.25) is 0 Å². The summed E-state index contributed by atoms with van der Waals surface area (Å²) in [5, 5.41) is 32.4. The van der Waals surface area contributed by atoms with Gasteiger partial charge in [-0.1, -0.05) is 62.3 Å². The molecular formula is C27H48O8. The second kappa shape index (κ2) is 12.7. The van der Waals surface area contributed by atoms with E-state index in [9.17, 15) is 29.7 Å². The minimum Gasteiger partial charge on any atom is -0.461 e. The Labute approximate surface area is 210 Å². The van der Waals surface area contributed by atoms with Crippen LogP contribution in [0.15, 0.2) is 0 Å². The second-order valence-corrected chi connectivity index (χ2v) is 10.9. The molecule has 0 aromatic heterocycles. The highest BCUT2D eigenvalue weighted by molar-refractivity contribution is 5.87. The van der Waals surface area contributed by atoms with Gasteiger partial charge >= 0.3 is 5.97 Å². The molecule has 0 amide bonds. The summed E-state index contributed by atoms with van der Waals surface area (Å²) in [6.07, 6.45) is -2.86. The Balaban J connectivity index is 2.97. The average molecular weight is 501 g/mol. The first-order valence-corrected chi connectivity index (χ1v) is 13.1. The molecule has 0 aromatic carbocycles. The van der Waals surface area contributed by atoms with Crippen molar-refractivity contribution in [1.82, 2.24) is 0 Å². The molecule has 0 radical (unpaired) electrons. The lowest BCUT2D eigenvalue weighted by Crippen LogP contribution is -2.59. The summed E-state index contributed by atoms with van der Waals surface area (Å²) in [5.41, 5.74) is 0. The van der Waals surface area contributed by atoms with Gasteiger partial charge < -0.3 is 24.8 Å². The van der Waals surface area contributed by atoms with E-state index in [2.05, 4.69) is 0 Å². The number of Topliss-reactive ketones (excluding diaryl/α,β-unsaturated/α-hetero) is 2. The number of esters is 1. The van der Waals surface area contributed by atoms with Gasteiger partial charge in [0.2, 0.25) is 0 Å². The summed E-state index contributed by atoms with van der Waals surface area (Å²) in [7, 11) is 0. The molecule has 1 rings (SSSR count). The van der Waals surface area contributed by atoms with Crippen molar-refractivity contribution in [3.8, 4) is 0 Å². The van der Waals surface area contributed by atoms with E-state index in [1.54, 1.807) is 20.8 Å². The van der Waals surface area contributed by atoms with E-state index < -0.39 is 65.4 Å². The minimum atomic E-state index is -1.43. The fourth-order valence-electron chi connectivity index (χ4n) is 5.22. The molecule has 8 heteroatoms. The number of aliphatic hydroxyl groups excluding tert-OH is 2. The van der Waals surface area contributed by atoms with Gasteiger partial charge in [0.05, 0.1) is 24.2 Å². The van der Waals surface area contributed by atoms with Crippen molar-refractivity contribution in [2.75, 3.05) is 0 Å². The van der Waals surface area contributed by atoms with E-state index in [0.29, 0.717) is 6.42 Å². The van der Waals surface area contributed by atoms with Crippen molar-refractivity contribution in [3.63, 3.8) is 0 Å². The molecule has 1 heterocycles. The lowest BCUT2D eigenvalue weighted by Gasteiger charge is -2.50. The summed E-state index contributed by atoms with van der Waals surface area (Å²) in [5.74, 6) is -6.79. The zero-order valence-electron chi connectivity index (χ0n) is 23.1. The van der Waals surface area contributed by atoms with Crippen molar-refractivity contribution in [1.29, 1.82) is 0 Å². The van der Waals surface area contributed by atoms with Gasteiger partial charge in [0, 0.05) is 36.0 Å². The van der Waals surface area contributed by atoms with Crippen LogP contribution in [0.25, 0.3) is 0 Å². The fraction of sp³-hybridized carbons (Fsp3) is 0.889. The molecule has 1 aliphatic rings. The number of rotatable bonds is 12. The first-order chi connectivity index (χ1) is 16.0. The Morgan fingerprint density at radius 1 is 0.886 bits per heavy atom. The normalized spacial score (nSPS) is 32.3. The summed E-state index contributed by atoms with van der Waals surface area (Å²) < 4.78 is 11.9. The van der Waals surface area contributed by atoms with Gasteiger partial charge in [-0.3, -0.25) is 14.4 Å². The average Bonchev–Trinajstić information content (AvgIpc) is 2.84. The van der Waals surface area contributed by atoms with Crippen LogP contribution < -0.4 is 0 Å². The zero-order chi connectivity index (χ0) is 27.4. The molecule has 204 valence electrons. The summed E-state index contributed by atoms with van der Waals surface area (Å²) in [4.78, 5) is 38.0. The fourth-order valence-corrected chi connectivity index (χ4v) is 5.22. The molecule has 35 heavy (non-hydrogen) atoms. The van der Waals surface area contributed by atoms with Gasteiger partial charge in [-0.25, -0.2) is 0 Å². The minimum absolute atomic E-state index is 0.0901. The predicted octanol–water partition coefficient (Wildman–Crippen LogP) is 3.14. The Kier molecular flexibility index (Phi) is 11.5. The van der Waals surface area contributed by atoms with Gasteiger partial charge in [0.15, 0.2) is 5.79 Å². The SMILES string of the molecule is CCC(=O)[C@H](C)[C@H](O)[C@@H](C)C(=O)[C@@H](C)[C@@H](O)[C@@H](C)C(=O)O[C@H]1[C@@H](C)[C@H](C(C)C)O[C@](O)(CC)[C@H]1C. The van der Waals surface area contributed by atoms with Crippen molar-refractivity contribution in [2.45, 2.75) is 112 Å². The summed E-state index contributed by atoms with van der Waals surface area (Å²) in [6.45, 7) is 17.3. The molecule has 3 N–H and O–H groups in total. The van der Waals surface area contributed by atoms with Crippen molar-refractivity contribution < 1.29 is 39.2 Å². The number of carbonyl (C=O) groups excluding carboxylic acids is 3. The van der Waals surface area contributed by atoms with Gasteiger partial charge in [-0.2, -0.15) is 0 Å². The van der Waals surface area contributed by atoms with Crippen LogP contribution in [-0.4, -0.2) is 63.1 Å². The maximum Gasteiger partial charge on any atom is 0.311 e. The second-order valence-electron chi connectivity index (χ2n) is 10.9. The molecule has 1 aliphatic heterocycles. The van der Waals surface area contributed by atoms with E-state index in [1.807, 2.05) is 27.7 Å². The quantitative estimate of drug-likeness (QED) is 0.348. The van der Waals surface area contributed by atoms with Crippen molar-refractivity contribution in [2.24, 2.45) is 41.4 Å². The van der Waals surface area contributed by atoms with E-state index in [4.69, 9.17) is 9.47 Å². The first kappa shape index (κ1) is 31.7. The van der Waals surface area contributed by atoms with E-state index in [1.165, 1.54) is 20.8 Å². The van der Waals surface area contributed by atoms with Crippen LogP contribution in [0, 0.1) is 41.4 Å². The Bertz CT molecular complexity index is 737. The van der Waals surface area contributed by atoms with E-state index in [0.717, 1.165) is 0 Å². The zero-order valence-corrected chi connectivity index (χ0v) is 23.1. The highest BCUT2D eigenvalue weighted by atomic mass is 16.6. The van der Waals surface area contributed by atoms with Gasteiger partial charge in [-0.15, -0.1) is 0 Å². The first-order valence-electron chi connectivity index (χ1n) is 13.1. The maximum atomic E-state index is 13.1. The van der Waals surface area contributed by atoms with Gasteiger partial charge in [0.1, 0.15) is 17.7 Å². The van der Waals surface area contributed by atoms with Crippen LogP contribution in [-0.2, 0) is 23.9 Å². The Hall–Kier alpha value is -1.35. The largest absolute Gasteiger partial charge is 0.461 e. The molecule has 0 unspecified atom stereocenters. The molecule has 0 aromatic rings. The van der Waals surface area contributed by atoms with E-state index in [-0.39, 0.29) is 30.1 Å². The van der Waals surface area contributed by atoms with Crippen LogP contribution >= 0.6 is 0 Å². The Morgan fingerprint density at radius 3 is 1.80 bits per heavy atom. The van der Waals surface area contributed by atoms with Crippen LogP contribution in [0.1, 0.15) is 82.1 Å². The number of hydrogen-bond donors (Lipinski definition) is 3. The van der Waals surface area contributed by atoms with Crippen LogP contribution in [0.5, 0.6) is 0 Å². The van der Waals surface area contributed by atoms with Crippen LogP contribution in [0.4, 0.5) is 0 Å². The van der Waals surface area contributed by atoms with Crippen molar-refractivity contribution >= 4 is 17.5 Å². The van der Waals surface area contributed by atoms with E-state index >= 15 is 0 Å². The topological polar surface area (TPSA) is 130 Å². The van der Waals surface area contributed by atoms with Gasteiger partial charge in [0.25, 0.3) is 0 Å². The van der Waals surface area contributed by atoms with Gasteiger partial charge in [-0.05, 0) is 19.3 Å². The predicted molar refractivity (Wildman–Crippen MR) is 132 cm³/mol. The lowest BCUT2D eigenvalue weighted by atomic mass is 9.76. The highest BCUT2D eigenvalue weighted by Crippen LogP contribution is 2.42. The molecule has 0 spiro atoms. The maximum absolute atomic E-state index is 13.1. The molecule has 8 nitrogen and oxygen atoms in total. The van der Waals surface area contributed by atoms with Crippen LogP contribution in [0.3, 0.4) is 0 Å². The lowest BCUT2D eigenvalue weighted by molar-refractivity contribution is -0.326. The smallest absolute Gasteiger partial charge is 0.311 e. The summed E-state index contributed by atoms with van der Waals surface area (Å²) in [6, 6.07) is 0. The molecule has 1 fully saturated rings. The standard InChI is InChI=1S/C27H48O8/c1-11-20(28)14(5)21(29)15(6)22(30)16(7)23(31)17(8)26(32)34-25-18(9)24(13(3)4)35-27(33,12-2)19(25)10/h13-19,21,23-25,29,31,33H,11-12H2,1-10H3/t14-,15+,16+,17+,18-,19-,21-,23+,24-,25-,27+/m0/s1. The number of ether oxygens (including phenoxy) is 2. The Morgan fingerprint density at radius 2 is 1.37 bits per heavy atom. The highest BCUT2D eigenvalue weighted by Gasteiger charge is 2.52.